The lowest BCUT2D eigenvalue weighted by molar-refractivity contribution is 0.282. The quantitative estimate of drug-likeness (QED) is 0.754. The van der Waals surface area contributed by atoms with Crippen LogP contribution in [0.3, 0.4) is 0 Å². The summed E-state index contributed by atoms with van der Waals surface area (Å²) in [6.07, 6.45) is 0.886. The molecule has 0 aromatic carbocycles. The molecule has 0 aliphatic carbocycles. The minimum absolute atomic E-state index is 0.283. The number of nitriles is 1. The number of hydrogen-bond acceptors (Lipinski definition) is 5. The first-order chi connectivity index (χ1) is 8.11. The number of rotatable bonds is 6. The Labute approximate surface area is 102 Å². The number of hydrogen-bond donors (Lipinski definition) is 1. The predicted molar refractivity (Wildman–Crippen MR) is 64.7 cm³/mol. The predicted octanol–water partition coefficient (Wildman–Crippen LogP) is 1.42. The largest absolute Gasteiger partial charge is 0.463 e. The summed E-state index contributed by atoms with van der Waals surface area (Å²) in [5.74, 6) is 0. The van der Waals surface area contributed by atoms with Crippen LogP contribution in [-0.4, -0.2) is 29.2 Å². The zero-order chi connectivity index (χ0) is 12.7. The van der Waals surface area contributed by atoms with Gasteiger partial charge in [-0.2, -0.15) is 10.2 Å². The van der Waals surface area contributed by atoms with E-state index in [1.807, 2.05) is 13.0 Å². The van der Waals surface area contributed by atoms with E-state index in [-0.39, 0.29) is 6.01 Å². The average molecular weight is 234 g/mol. The fourth-order valence-electron chi connectivity index (χ4n) is 1.29. The Bertz CT molecular complexity index is 398. The zero-order valence-corrected chi connectivity index (χ0v) is 10.5. The Morgan fingerprint density at radius 2 is 2.24 bits per heavy atom. The minimum atomic E-state index is 0.283. The molecule has 0 aliphatic rings. The van der Waals surface area contributed by atoms with Crippen LogP contribution in [0.15, 0.2) is 6.07 Å². The topological polar surface area (TPSA) is 70.8 Å². The number of nitrogens with zero attached hydrogens (tertiary/aromatic N) is 3. The van der Waals surface area contributed by atoms with Gasteiger partial charge in [-0.3, -0.25) is 0 Å². The third-order valence-electron chi connectivity index (χ3n) is 2.05. The summed E-state index contributed by atoms with van der Waals surface area (Å²) in [4.78, 5) is 8.08. The number of aromatic nitrogens is 2. The van der Waals surface area contributed by atoms with E-state index in [0.717, 1.165) is 18.7 Å². The van der Waals surface area contributed by atoms with Gasteiger partial charge in [0.2, 0.25) is 0 Å². The Kier molecular flexibility index (Phi) is 5.37. The first-order valence-corrected chi connectivity index (χ1v) is 5.74. The monoisotopic (exact) mass is 234 g/mol. The van der Waals surface area contributed by atoms with Crippen LogP contribution in [0.25, 0.3) is 0 Å². The Hall–Kier alpha value is -1.67. The van der Waals surface area contributed by atoms with Crippen LogP contribution in [0.2, 0.25) is 0 Å². The van der Waals surface area contributed by atoms with Crippen LogP contribution in [0, 0.1) is 18.3 Å². The number of nitrogens with one attached hydrogen (secondary N) is 1. The van der Waals surface area contributed by atoms with Crippen molar-refractivity contribution < 1.29 is 4.74 Å². The molecule has 0 unspecified atom stereocenters. The average Bonchev–Trinajstić information content (AvgIpc) is 2.27. The summed E-state index contributed by atoms with van der Waals surface area (Å²) in [5, 5.41) is 12.0. The van der Waals surface area contributed by atoms with Gasteiger partial charge >= 0.3 is 6.01 Å². The summed E-state index contributed by atoms with van der Waals surface area (Å²) in [6.45, 7) is 7.46. The maximum Gasteiger partial charge on any atom is 0.317 e. The lowest BCUT2D eigenvalue weighted by atomic mass is 10.3. The maximum atomic E-state index is 8.75. The van der Waals surface area contributed by atoms with Crippen LogP contribution in [0.1, 0.15) is 31.7 Å². The maximum absolute atomic E-state index is 8.75. The molecule has 5 nitrogen and oxygen atoms in total. The van der Waals surface area contributed by atoms with Crippen LogP contribution in [0.4, 0.5) is 0 Å². The standard InChI is InChI=1S/C12H18N4O/c1-9(2)14-5-4-6-17-12-15-10(3)7-11(8-13)16-12/h7,9,14H,4-6H2,1-3H3. The second kappa shape index (κ2) is 6.81. The molecule has 0 aliphatic heterocycles. The zero-order valence-electron chi connectivity index (χ0n) is 10.5. The molecule has 5 heteroatoms. The molecule has 17 heavy (non-hydrogen) atoms. The molecule has 0 saturated carbocycles. The van der Waals surface area contributed by atoms with Crippen molar-refractivity contribution in [3.8, 4) is 12.1 Å². The van der Waals surface area contributed by atoms with Crippen molar-refractivity contribution in [2.45, 2.75) is 33.2 Å². The molecular formula is C12H18N4O. The number of ether oxygens (including phenoxy) is 1. The van der Waals surface area contributed by atoms with E-state index < -0.39 is 0 Å². The van der Waals surface area contributed by atoms with Crippen molar-refractivity contribution in [2.24, 2.45) is 0 Å². The van der Waals surface area contributed by atoms with Crippen LogP contribution < -0.4 is 10.1 Å². The molecule has 0 spiro atoms. The highest BCUT2D eigenvalue weighted by Crippen LogP contribution is 2.06. The second-order valence-electron chi connectivity index (χ2n) is 4.10. The third kappa shape index (κ3) is 5.27. The van der Waals surface area contributed by atoms with Gasteiger partial charge in [0.05, 0.1) is 6.61 Å². The smallest absolute Gasteiger partial charge is 0.317 e. The molecule has 1 heterocycles. The third-order valence-corrected chi connectivity index (χ3v) is 2.05. The molecule has 0 amide bonds. The van der Waals surface area contributed by atoms with Crippen LogP contribution in [0.5, 0.6) is 6.01 Å². The van der Waals surface area contributed by atoms with E-state index in [2.05, 4.69) is 29.1 Å². The first-order valence-electron chi connectivity index (χ1n) is 5.74. The van der Waals surface area contributed by atoms with E-state index in [1.54, 1.807) is 6.07 Å². The van der Waals surface area contributed by atoms with Gasteiger partial charge in [-0.15, -0.1) is 0 Å². The summed E-state index contributed by atoms with van der Waals surface area (Å²) in [6, 6.07) is 4.38. The van der Waals surface area contributed by atoms with Gasteiger partial charge in [0.25, 0.3) is 0 Å². The Morgan fingerprint density at radius 1 is 1.47 bits per heavy atom. The van der Waals surface area contributed by atoms with Crippen molar-refractivity contribution in [1.29, 1.82) is 5.26 Å². The van der Waals surface area contributed by atoms with Crippen LogP contribution in [-0.2, 0) is 0 Å². The van der Waals surface area contributed by atoms with E-state index in [4.69, 9.17) is 10.00 Å². The second-order valence-corrected chi connectivity index (χ2v) is 4.10. The summed E-state index contributed by atoms with van der Waals surface area (Å²) < 4.78 is 5.40. The molecule has 1 N–H and O–H groups in total. The van der Waals surface area contributed by atoms with E-state index in [1.165, 1.54) is 0 Å². The van der Waals surface area contributed by atoms with Gasteiger partial charge in [0.15, 0.2) is 0 Å². The fourth-order valence-corrected chi connectivity index (χ4v) is 1.29. The molecule has 1 aromatic heterocycles. The highest BCUT2D eigenvalue weighted by molar-refractivity contribution is 5.23. The summed E-state index contributed by atoms with van der Waals surface area (Å²) >= 11 is 0. The van der Waals surface area contributed by atoms with Gasteiger partial charge in [0, 0.05) is 11.7 Å². The number of aryl methyl sites for hydroxylation is 1. The SMILES string of the molecule is Cc1cc(C#N)nc(OCCCNC(C)C)n1. The van der Waals surface area contributed by atoms with Crippen LogP contribution >= 0.6 is 0 Å². The molecule has 0 saturated heterocycles. The van der Waals surface area contributed by atoms with Gasteiger partial charge in [-0.1, -0.05) is 13.8 Å². The van der Waals surface area contributed by atoms with Gasteiger partial charge in [-0.05, 0) is 26.0 Å². The first kappa shape index (κ1) is 13.4. The fraction of sp³-hybridized carbons (Fsp3) is 0.583. The highest BCUT2D eigenvalue weighted by Gasteiger charge is 2.02. The van der Waals surface area contributed by atoms with Crippen molar-refractivity contribution in [2.75, 3.05) is 13.2 Å². The van der Waals surface area contributed by atoms with Crippen molar-refractivity contribution >= 4 is 0 Å². The molecule has 0 radical (unpaired) electrons. The molecular weight excluding hydrogens is 216 g/mol. The Balaban J connectivity index is 2.37. The van der Waals surface area contributed by atoms with Gasteiger partial charge in [0.1, 0.15) is 11.8 Å². The highest BCUT2D eigenvalue weighted by atomic mass is 16.5. The normalized spacial score (nSPS) is 10.3. The lowest BCUT2D eigenvalue weighted by Crippen LogP contribution is -2.24. The summed E-state index contributed by atoms with van der Waals surface area (Å²) in [5.41, 5.74) is 1.08. The van der Waals surface area contributed by atoms with Crippen molar-refractivity contribution in [3.63, 3.8) is 0 Å². The van der Waals surface area contributed by atoms with Gasteiger partial charge < -0.3 is 10.1 Å². The van der Waals surface area contributed by atoms with E-state index in [9.17, 15) is 0 Å². The Morgan fingerprint density at radius 3 is 2.88 bits per heavy atom. The van der Waals surface area contributed by atoms with E-state index in [0.29, 0.717) is 18.3 Å². The summed E-state index contributed by atoms with van der Waals surface area (Å²) in [7, 11) is 0. The molecule has 0 bridgehead atoms. The molecule has 1 aromatic rings. The van der Waals surface area contributed by atoms with E-state index >= 15 is 0 Å². The van der Waals surface area contributed by atoms with Crippen molar-refractivity contribution in [1.82, 2.24) is 15.3 Å². The van der Waals surface area contributed by atoms with Crippen molar-refractivity contribution in [3.05, 3.63) is 17.5 Å². The molecule has 92 valence electrons. The lowest BCUT2D eigenvalue weighted by Gasteiger charge is -2.08. The molecule has 0 fully saturated rings. The molecule has 0 atom stereocenters. The molecule has 1 rings (SSSR count). The van der Waals surface area contributed by atoms with Gasteiger partial charge in [-0.25, -0.2) is 4.98 Å². The minimum Gasteiger partial charge on any atom is -0.463 e.